The van der Waals surface area contributed by atoms with Crippen LogP contribution in [0.4, 0.5) is 0 Å². The van der Waals surface area contributed by atoms with Crippen LogP contribution in [0.5, 0.6) is 5.75 Å². The van der Waals surface area contributed by atoms with Crippen molar-refractivity contribution < 1.29 is 17.9 Å². The number of nitrogens with one attached hydrogen (secondary N) is 1. The lowest BCUT2D eigenvalue weighted by atomic mass is 10.1. The van der Waals surface area contributed by atoms with E-state index in [4.69, 9.17) is 4.74 Å². The summed E-state index contributed by atoms with van der Waals surface area (Å²) in [6.07, 6.45) is 4.47. The zero-order valence-corrected chi connectivity index (χ0v) is 14.9. The lowest BCUT2D eigenvalue weighted by Crippen LogP contribution is -2.44. The van der Waals surface area contributed by atoms with Gasteiger partial charge in [-0.15, -0.1) is 0 Å². The quantitative estimate of drug-likeness (QED) is 0.840. The van der Waals surface area contributed by atoms with Gasteiger partial charge in [0.2, 0.25) is 10.0 Å². The van der Waals surface area contributed by atoms with Crippen LogP contribution < -0.4 is 9.46 Å². The minimum absolute atomic E-state index is 0.129. The maximum atomic E-state index is 12.8. The van der Waals surface area contributed by atoms with Gasteiger partial charge in [0.05, 0.1) is 38.0 Å². The molecule has 25 heavy (non-hydrogen) atoms. The van der Waals surface area contributed by atoms with Gasteiger partial charge in [0, 0.05) is 24.8 Å². The molecule has 1 aromatic heterocycles. The van der Waals surface area contributed by atoms with Gasteiger partial charge in [-0.3, -0.25) is 4.79 Å². The summed E-state index contributed by atoms with van der Waals surface area (Å²) in [6, 6.07) is 6.76. The van der Waals surface area contributed by atoms with Crippen LogP contribution in [0.1, 0.15) is 22.1 Å². The van der Waals surface area contributed by atoms with Gasteiger partial charge in [-0.2, -0.15) is 0 Å². The van der Waals surface area contributed by atoms with Crippen LogP contribution in [0.3, 0.4) is 0 Å². The second-order valence-corrected chi connectivity index (χ2v) is 7.82. The third kappa shape index (κ3) is 3.99. The van der Waals surface area contributed by atoms with E-state index < -0.39 is 10.0 Å². The molecule has 1 aliphatic rings. The number of ether oxygens (including phenoxy) is 1. The van der Waals surface area contributed by atoms with Crippen LogP contribution in [0.15, 0.2) is 36.8 Å². The van der Waals surface area contributed by atoms with Crippen molar-refractivity contribution in [3.8, 4) is 5.75 Å². The molecule has 0 aliphatic carbocycles. The summed E-state index contributed by atoms with van der Waals surface area (Å²) in [5, 5.41) is 0. The number of rotatable bonds is 5. The molecule has 0 saturated heterocycles. The highest BCUT2D eigenvalue weighted by Crippen LogP contribution is 2.23. The number of carbonyl (C=O) groups excluding carboxylic acids is 1. The minimum atomic E-state index is -3.31. The Morgan fingerprint density at radius 1 is 1.44 bits per heavy atom. The molecule has 1 atom stereocenters. The van der Waals surface area contributed by atoms with E-state index >= 15 is 0 Å². The predicted molar refractivity (Wildman–Crippen MR) is 91.8 cm³/mol. The van der Waals surface area contributed by atoms with Crippen molar-refractivity contribution in [2.75, 3.05) is 26.5 Å². The molecular weight excluding hydrogens is 344 g/mol. The van der Waals surface area contributed by atoms with Crippen LogP contribution >= 0.6 is 0 Å². The second-order valence-electron chi connectivity index (χ2n) is 5.98. The van der Waals surface area contributed by atoms with E-state index in [0.29, 0.717) is 24.4 Å². The molecule has 0 unspecified atom stereocenters. The number of carbonyl (C=O) groups is 1. The summed E-state index contributed by atoms with van der Waals surface area (Å²) >= 11 is 0. The van der Waals surface area contributed by atoms with Gasteiger partial charge < -0.3 is 14.2 Å². The van der Waals surface area contributed by atoms with E-state index in [0.717, 1.165) is 11.9 Å². The number of hydrogen-bond acceptors (Lipinski definition) is 5. The molecule has 1 N–H and O–H groups in total. The molecule has 1 aromatic carbocycles. The van der Waals surface area contributed by atoms with E-state index in [2.05, 4.69) is 9.71 Å². The third-order valence-corrected chi connectivity index (χ3v) is 4.80. The van der Waals surface area contributed by atoms with Crippen LogP contribution in [0.2, 0.25) is 0 Å². The van der Waals surface area contributed by atoms with Gasteiger partial charge in [0.15, 0.2) is 0 Å². The number of sulfonamides is 1. The molecule has 8 nitrogen and oxygen atoms in total. The van der Waals surface area contributed by atoms with Crippen LogP contribution in [-0.4, -0.2) is 55.2 Å². The number of nitrogens with zero attached hydrogens (tertiary/aromatic N) is 3. The largest absolute Gasteiger partial charge is 0.497 e. The smallest absolute Gasteiger partial charge is 0.254 e. The van der Waals surface area contributed by atoms with Gasteiger partial charge in [-0.05, 0) is 18.2 Å². The fourth-order valence-electron chi connectivity index (χ4n) is 2.89. The Balaban J connectivity index is 1.82. The average Bonchev–Trinajstić information content (AvgIpc) is 3.07. The van der Waals surface area contributed by atoms with Crippen LogP contribution in [-0.2, 0) is 16.6 Å². The van der Waals surface area contributed by atoms with Crippen molar-refractivity contribution in [1.82, 2.24) is 19.2 Å². The fourth-order valence-corrected chi connectivity index (χ4v) is 3.38. The lowest BCUT2D eigenvalue weighted by Gasteiger charge is -2.34. The molecule has 0 bridgehead atoms. The first-order chi connectivity index (χ1) is 11.9. The number of fused-ring (bicyclic) bond motifs is 1. The summed E-state index contributed by atoms with van der Waals surface area (Å²) in [5.74, 6) is 0.485. The van der Waals surface area contributed by atoms with Gasteiger partial charge in [0.25, 0.3) is 5.91 Å². The number of imidazole rings is 1. The molecule has 1 amide bonds. The molecule has 0 fully saturated rings. The Kier molecular flexibility index (Phi) is 4.78. The zero-order chi connectivity index (χ0) is 18.0. The third-order valence-electron chi connectivity index (χ3n) is 4.11. The SMILES string of the molecule is COc1cccc(C(=O)N2Cc3cncn3[C@H](CNS(C)(=O)=O)C2)c1. The maximum Gasteiger partial charge on any atom is 0.254 e. The number of amides is 1. The molecule has 2 heterocycles. The Morgan fingerprint density at radius 2 is 2.24 bits per heavy atom. The van der Waals surface area contributed by atoms with Crippen molar-refractivity contribution in [3.63, 3.8) is 0 Å². The van der Waals surface area contributed by atoms with Crippen LogP contribution in [0.25, 0.3) is 0 Å². The minimum Gasteiger partial charge on any atom is -0.497 e. The van der Waals surface area contributed by atoms with Gasteiger partial charge >= 0.3 is 0 Å². The summed E-state index contributed by atoms with van der Waals surface area (Å²) < 4.78 is 32.4. The highest BCUT2D eigenvalue weighted by Gasteiger charge is 2.29. The topological polar surface area (TPSA) is 93.5 Å². The molecule has 0 radical (unpaired) electrons. The number of aromatic nitrogens is 2. The molecular formula is C16H20N4O4S. The number of benzene rings is 1. The maximum absolute atomic E-state index is 12.8. The van der Waals surface area contributed by atoms with Gasteiger partial charge in [0.1, 0.15) is 5.75 Å². The molecule has 0 spiro atoms. The molecule has 3 rings (SSSR count). The van der Waals surface area contributed by atoms with E-state index in [-0.39, 0.29) is 18.5 Å². The highest BCUT2D eigenvalue weighted by atomic mass is 32.2. The summed E-state index contributed by atoms with van der Waals surface area (Å²) in [4.78, 5) is 18.7. The Hall–Kier alpha value is -2.39. The van der Waals surface area contributed by atoms with E-state index in [1.165, 1.54) is 0 Å². The van der Waals surface area contributed by atoms with E-state index in [1.54, 1.807) is 48.8 Å². The van der Waals surface area contributed by atoms with Crippen molar-refractivity contribution >= 4 is 15.9 Å². The second kappa shape index (κ2) is 6.85. The molecule has 1 aliphatic heterocycles. The van der Waals surface area contributed by atoms with E-state index in [1.807, 2.05) is 4.57 Å². The molecule has 9 heteroatoms. The molecule has 2 aromatic rings. The highest BCUT2D eigenvalue weighted by molar-refractivity contribution is 7.88. The first-order valence-corrected chi connectivity index (χ1v) is 9.65. The Labute approximate surface area is 146 Å². The predicted octanol–water partition coefficient (Wildman–Crippen LogP) is 0.638. The van der Waals surface area contributed by atoms with E-state index in [9.17, 15) is 13.2 Å². The lowest BCUT2D eigenvalue weighted by molar-refractivity contribution is 0.0680. The van der Waals surface area contributed by atoms with Crippen molar-refractivity contribution in [2.24, 2.45) is 0 Å². The van der Waals surface area contributed by atoms with Crippen molar-refractivity contribution in [2.45, 2.75) is 12.6 Å². The average molecular weight is 364 g/mol. The van der Waals surface area contributed by atoms with Crippen molar-refractivity contribution in [3.05, 3.63) is 48.0 Å². The van der Waals surface area contributed by atoms with Crippen LogP contribution in [0, 0.1) is 0 Å². The normalized spacial score (nSPS) is 17.2. The first kappa shape index (κ1) is 17.4. The number of hydrogen-bond donors (Lipinski definition) is 1. The number of methoxy groups -OCH3 is 1. The zero-order valence-electron chi connectivity index (χ0n) is 14.0. The Morgan fingerprint density at radius 3 is 2.96 bits per heavy atom. The Bertz CT molecular complexity index is 878. The van der Waals surface area contributed by atoms with Gasteiger partial charge in [-0.25, -0.2) is 18.1 Å². The molecule has 0 saturated carbocycles. The summed E-state index contributed by atoms with van der Waals surface area (Å²) in [5.41, 5.74) is 1.39. The molecule has 134 valence electrons. The standard InChI is InChI=1S/C16H20N4O4S/c1-24-15-5-3-4-12(6-15)16(21)19-9-13-7-17-11-20(13)14(10-19)8-18-25(2,22)23/h3-7,11,14,18H,8-10H2,1-2H3/t14-/m1/s1. The van der Waals surface area contributed by atoms with Gasteiger partial charge in [-0.1, -0.05) is 6.07 Å². The summed E-state index contributed by atoms with van der Waals surface area (Å²) in [6.45, 7) is 1.01. The monoisotopic (exact) mass is 364 g/mol. The summed E-state index contributed by atoms with van der Waals surface area (Å²) in [7, 11) is -1.76. The fraction of sp³-hybridized carbons (Fsp3) is 0.375. The van der Waals surface area contributed by atoms with Crippen molar-refractivity contribution in [1.29, 1.82) is 0 Å². The first-order valence-electron chi connectivity index (χ1n) is 7.76.